The van der Waals surface area contributed by atoms with E-state index in [1.807, 2.05) is 99.7 Å². The third-order valence-electron chi connectivity index (χ3n) is 13.6. The van der Waals surface area contributed by atoms with Gasteiger partial charge in [0.25, 0.3) is 0 Å². The lowest BCUT2D eigenvalue weighted by atomic mass is 9.66. The SMILES string of the molecule is C=C(c1cnn(C(C)C)c1C(C)(C)C)C(F)(F)F.CC(C)(C)C1CC(F)(F)C1.CC(C)(C)Cc1ccccn1.CC(C)(C)c1ccc(Cl)cc1.CC(C)(C)c1ccc(F)cc1C(C)(C)O.CC(C)n1ncc(C(C)(O)C(F)(F)F)c1C(C)(C)C. The van der Waals surface area contributed by atoms with Gasteiger partial charge >= 0.3 is 12.4 Å². The lowest BCUT2D eigenvalue weighted by Crippen LogP contribution is -2.42. The van der Waals surface area contributed by atoms with Gasteiger partial charge in [0.05, 0.1) is 35.0 Å². The van der Waals surface area contributed by atoms with Gasteiger partial charge in [0.2, 0.25) is 5.92 Å². The van der Waals surface area contributed by atoms with E-state index in [-0.39, 0.29) is 64.0 Å². The summed E-state index contributed by atoms with van der Waals surface area (Å²) in [4.78, 5) is 4.26. The van der Waals surface area contributed by atoms with Crippen LogP contribution >= 0.6 is 11.6 Å². The van der Waals surface area contributed by atoms with Crippen molar-refractivity contribution in [2.24, 2.45) is 16.7 Å². The van der Waals surface area contributed by atoms with Crippen LogP contribution in [0.1, 0.15) is 243 Å². The summed E-state index contributed by atoms with van der Waals surface area (Å²) in [5.74, 6) is -2.43. The van der Waals surface area contributed by atoms with Gasteiger partial charge < -0.3 is 10.2 Å². The number of allylic oxidation sites excluding steroid dienone is 1. The summed E-state index contributed by atoms with van der Waals surface area (Å²) in [6.45, 7) is 51.2. The van der Waals surface area contributed by atoms with Crippen LogP contribution in [0.5, 0.6) is 0 Å². The smallest absolute Gasteiger partial charge is 0.386 e. The van der Waals surface area contributed by atoms with Gasteiger partial charge in [0, 0.05) is 63.8 Å². The van der Waals surface area contributed by atoms with Crippen molar-refractivity contribution in [2.75, 3.05) is 0 Å². The minimum Gasteiger partial charge on any atom is -0.386 e. The molecule has 5 aromatic rings. The molecule has 3 heterocycles. The molecular weight excluding hydrogens is 1110 g/mol. The standard InChI is InChI=1S/C13H21F3N2O.C13H19F3N2.C13H19FO.C10H13Cl.C10H15N.C8H14F2/c1-8(2)18-10(11(3,4)5)9(7-17-18)12(6,19)13(14,15)16;1-8(2)18-11(12(4,5)6)10(7-17-18)9(3)13(14,15)16;1-12(2,3)10-7-6-9(14)8-11(10)13(4,5)15;1-10(2,3)8-4-6-9(11)7-5-8;1-10(2,3)8-9-6-4-5-7-11-9;1-7(2,3)6-4-8(9,10)5-6/h7-8,19H,1-6H3;7-8H,3H2,1-2,4-6H3;6-8,15H,1-5H3;4-7H,1-3H3;4-7H,8H2,1-3H3;6H,4-5H2,1-3H3. The van der Waals surface area contributed by atoms with E-state index in [2.05, 4.69) is 102 Å². The Labute approximate surface area is 503 Å². The second-order valence-electron chi connectivity index (χ2n) is 29.6. The molecule has 0 bridgehead atoms. The molecule has 6 rings (SSSR count). The number of aromatic nitrogens is 5. The maximum absolute atomic E-state index is 13.2. The van der Waals surface area contributed by atoms with E-state index in [0.717, 1.165) is 30.1 Å². The Morgan fingerprint density at radius 2 is 1.08 bits per heavy atom. The monoisotopic (exact) mass is 1210 g/mol. The molecule has 0 radical (unpaired) electrons. The van der Waals surface area contributed by atoms with Crippen LogP contribution in [0.3, 0.4) is 0 Å². The molecule has 1 saturated carbocycles. The lowest BCUT2D eigenvalue weighted by molar-refractivity contribution is -0.259. The normalized spacial score (nSPS) is 15.1. The van der Waals surface area contributed by atoms with E-state index in [1.54, 1.807) is 45.4 Å². The van der Waals surface area contributed by atoms with Crippen LogP contribution in [-0.4, -0.2) is 53.0 Å². The van der Waals surface area contributed by atoms with Gasteiger partial charge in [-0.15, -0.1) is 0 Å². The minimum atomic E-state index is -4.74. The quantitative estimate of drug-likeness (QED) is 0.165. The first-order valence-electron chi connectivity index (χ1n) is 28.6. The summed E-state index contributed by atoms with van der Waals surface area (Å²) in [5.41, 5.74) is -0.144. The molecule has 0 spiro atoms. The van der Waals surface area contributed by atoms with Crippen molar-refractivity contribution in [3.63, 3.8) is 0 Å². The number of aliphatic hydroxyl groups is 2. The second-order valence-corrected chi connectivity index (χ2v) is 30.0. The number of rotatable bonds is 6. The molecule has 84 heavy (non-hydrogen) atoms. The van der Waals surface area contributed by atoms with E-state index in [0.29, 0.717) is 22.4 Å². The minimum absolute atomic E-state index is 0.00834. The van der Waals surface area contributed by atoms with E-state index in [4.69, 9.17) is 11.6 Å². The highest BCUT2D eigenvalue weighted by Crippen LogP contribution is 2.50. The summed E-state index contributed by atoms with van der Waals surface area (Å²) >= 11 is 5.76. The number of benzene rings is 2. The molecule has 1 unspecified atom stereocenters. The van der Waals surface area contributed by atoms with Gasteiger partial charge in [-0.3, -0.25) is 14.3 Å². The van der Waals surface area contributed by atoms with Crippen LogP contribution in [0.25, 0.3) is 5.57 Å². The first-order chi connectivity index (χ1) is 37.3. The summed E-state index contributed by atoms with van der Waals surface area (Å²) in [5, 5.41) is 28.8. The van der Waals surface area contributed by atoms with Gasteiger partial charge in [-0.1, -0.05) is 167 Å². The Morgan fingerprint density at radius 1 is 0.619 bits per heavy atom. The number of hydrogen-bond acceptors (Lipinski definition) is 5. The molecule has 476 valence electrons. The second kappa shape index (κ2) is 28.4. The Morgan fingerprint density at radius 3 is 1.42 bits per heavy atom. The van der Waals surface area contributed by atoms with Gasteiger partial charge in [0.15, 0.2) is 5.60 Å². The van der Waals surface area contributed by atoms with Crippen LogP contribution in [0.2, 0.25) is 5.02 Å². The van der Waals surface area contributed by atoms with Crippen molar-refractivity contribution in [3.8, 4) is 0 Å². The topological polar surface area (TPSA) is 89.0 Å². The van der Waals surface area contributed by atoms with Crippen molar-refractivity contribution in [3.05, 3.63) is 142 Å². The van der Waals surface area contributed by atoms with Gasteiger partial charge in [-0.25, -0.2) is 13.2 Å². The molecule has 1 aliphatic rings. The Kier molecular flexibility index (Phi) is 26.2. The van der Waals surface area contributed by atoms with Crippen molar-refractivity contribution < 1.29 is 49.7 Å². The Hall–Kier alpha value is -4.67. The number of alkyl halides is 8. The summed E-state index contributed by atoms with van der Waals surface area (Å²) in [7, 11) is 0. The molecule has 1 atom stereocenters. The molecule has 1 fully saturated rings. The third-order valence-corrected chi connectivity index (χ3v) is 13.9. The fourth-order valence-electron chi connectivity index (χ4n) is 8.83. The average molecular weight is 1220 g/mol. The molecule has 0 aliphatic heterocycles. The average Bonchev–Trinajstić information content (AvgIpc) is 3.42. The van der Waals surface area contributed by atoms with E-state index in [1.165, 1.54) is 34.3 Å². The van der Waals surface area contributed by atoms with Crippen molar-refractivity contribution in [1.82, 2.24) is 24.5 Å². The third kappa shape index (κ3) is 24.2. The lowest BCUT2D eigenvalue weighted by Gasteiger charge is -2.43. The number of hydrogen-bond donors (Lipinski definition) is 2. The molecule has 1 aliphatic carbocycles. The highest BCUT2D eigenvalue weighted by atomic mass is 35.5. The first kappa shape index (κ1) is 77.3. The van der Waals surface area contributed by atoms with Crippen LogP contribution in [0.4, 0.5) is 39.5 Å². The zero-order valence-corrected chi connectivity index (χ0v) is 55.7. The molecule has 17 heteroatoms. The molecule has 3 aromatic heterocycles. The predicted molar refractivity (Wildman–Crippen MR) is 328 cm³/mol. The largest absolute Gasteiger partial charge is 0.421 e. The molecule has 2 N–H and O–H groups in total. The fraction of sp³-hybridized carbons (Fsp3) is 0.627. The summed E-state index contributed by atoms with van der Waals surface area (Å²) in [6, 6.07) is 18.6. The van der Waals surface area contributed by atoms with Crippen LogP contribution in [0, 0.1) is 22.6 Å². The number of pyridine rings is 1. The molecule has 0 amide bonds. The highest BCUT2D eigenvalue weighted by Gasteiger charge is 2.54. The summed E-state index contributed by atoms with van der Waals surface area (Å²) < 4.78 is 118. The predicted octanol–water partition coefficient (Wildman–Crippen LogP) is 20.6. The van der Waals surface area contributed by atoms with Crippen molar-refractivity contribution >= 4 is 17.2 Å². The zero-order valence-electron chi connectivity index (χ0n) is 55.0. The fourth-order valence-corrected chi connectivity index (χ4v) is 8.96. The van der Waals surface area contributed by atoms with Crippen LogP contribution < -0.4 is 0 Å². The van der Waals surface area contributed by atoms with Gasteiger partial charge in [-0.05, 0) is 136 Å². The molecule has 0 saturated heterocycles. The Balaban J connectivity index is 0.000000512. The molecule has 2 aromatic carbocycles. The van der Waals surface area contributed by atoms with Crippen molar-refractivity contribution in [2.45, 2.75) is 256 Å². The highest BCUT2D eigenvalue weighted by molar-refractivity contribution is 6.30. The Bertz CT molecular complexity index is 2810. The van der Waals surface area contributed by atoms with E-state index in [9.17, 15) is 49.7 Å². The van der Waals surface area contributed by atoms with E-state index >= 15 is 0 Å². The molecule has 7 nitrogen and oxygen atoms in total. The summed E-state index contributed by atoms with van der Waals surface area (Å²) in [6.07, 6.45) is -3.70. The van der Waals surface area contributed by atoms with Gasteiger partial charge in [0.1, 0.15) is 5.82 Å². The number of halogens is 10. The van der Waals surface area contributed by atoms with E-state index < -0.39 is 45.9 Å². The van der Waals surface area contributed by atoms with Crippen molar-refractivity contribution in [1.29, 1.82) is 0 Å². The first-order valence-corrected chi connectivity index (χ1v) is 28.9. The molecular formula is C67H101ClF9N5O2. The maximum Gasteiger partial charge on any atom is 0.421 e. The number of nitrogens with zero attached hydrogens (tertiary/aromatic N) is 5. The zero-order chi connectivity index (χ0) is 66.2. The maximum atomic E-state index is 13.2. The van der Waals surface area contributed by atoms with Gasteiger partial charge in [-0.2, -0.15) is 36.5 Å². The van der Waals surface area contributed by atoms with Crippen LogP contribution in [0.15, 0.2) is 85.8 Å². The van der Waals surface area contributed by atoms with Crippen LogP contribution in [-0.2, 0) is 39.3 Å².